The predicted octanol–water partition coefficient (Wildman–Crippen LogP) is 5.55. The van der Waals surface area contributed by atoms with Gasteiger partial charge in [0, 0.05) is 0 Å². The Kier molecular flexibility index (Phi) is 5.80. The number of hydrogen-bond donors (Lipinski definition) is 1. The first kappa shape index (κ1) is 19.6. The molecule has 0 aliphatic rings. The largest absolute Gasteiger partial charge is 0.508 e. The van der Waals surface area contributed by atoms with Gasteiger partial charge in [-0.25, -0.2) is 0 Å². The lowest BCUT2D eigenvalue weighted by Gasteiger charge is -2.33. The highest BCUT2D eigenvalue weighted by Crippen LogP contribution is 2.47. The second-order valence-electron chi connectivity index (χ2n) is 6.08. The van der Waals surface area contributed by atoms with Crippen LogP contribution >= 0.6 is 0 Å². The van der Waals surface area contributed by atoms with Crippen LogP contribution in [0, 0.1) is 0 Å². The van der Waals surface area contributed by atoms with Crippen LogP contribution in [0.1, 0.15) is 23.6 Å². The number of ether oxygens (including phenoxy) is 1. The summed E-state index contributed by atoms with van der Waals surface area (Å²) in [5.74, 6) is 0.419. The minimum Gasteiger partial charge on any atom is -0.508 e. The van der Waals surface area contributed by atoms with E-state index >= 15 is 0 Å². The van der Waals surface area contributed by atoms with Crippen molar-refractivity contribution < 1.29 is 23.0 Å². The smallest absolute Gasteiger partial charge is 0.402 e. The Morgan fingerprint density at radius 2 is 1.62 bits per heavy atom. The molecule has 1 N–H and O–H groups in total. The molecular weight excluding hydrogens is 341 g/mol. The minimum absolute atomic E-state index is 0.0497. The molecule has 2 rings (SSSR count). The number of allylic oxidation sites excluding steroid dienone is 1. The number of benzene rings is 2. The third kappa shape index (κ3) is 3.77. The van der Waals surface area contributed by atoms with Crippen LogP contribution in [0.15, 0.2) is 67.8 Å². The average Bonchev–Trinajstić information content (AvgIpc) is 2.61. The van der Waals surface area contributed by atoms with E-state index in [1.54, 1.807) is 6.08 Å². The summed E-state index contributed by atoms with van der Waals surface area (Å²) >= 11 is 0. The molecule has 0 saturated heterocycles. The Bertz CT molecular complexity index is 779. The predicted molar refractivity (Wildman–Crippen MR) is 96.7 cm³/mol. The number of halogens is 3. The van der Waals surface area contributed by atoms with Gasteiger partial charge in [0.2, 0.25) is 0 Å². The molecule has 1 atom stereocenters. The fourth-order valence-corrected chi connectivity index (χ4v) is 2.75. The molecular formula is C21H21F3O2. The van der Waals surface area contributed by atoms with Crippen LogP contribution in [0.5, 0.6) is 11.5 Å². The summed E-state index contributed by atoms with van der Waals surface area (Å²) in [5, 5.41) is 9.87. The van der Waals surface area contributed by atoms with Crippen LogP contribution in [0.3, 0.4) is 0 Å². The molecule has 0 aliphatic carbocycles. The van der Waals surface area contributed by atoms with Crippen LogP contribution < -0.4 is 4.74 Å². The van der Waals surface area contributed by atoms with E-state index in [0.717, 1.165) is 6.92 Å². The monoisotopic (exact) mass is 362 g/mol. The fraction of sp³-hybridized carbons (Fsp3) is 0.238. The quantitative estimate of drug-likeness (QED) is 0.654. The maximum atomic E-state index is 14.1. The van der Waals surface area contributed by atoms with Gasteiger partial charge in [-0.05, 0) is 48.2 Å². The molecule has 26 heavy (non-hydrogen) atoms. The third-order valence-corrected chi connectivity index (χ3v) is 4.39. The maximum absolute atomic E-state index is 14.1. The molecule has 0 amide bonds. The summed E-state index contributed by atoms with van der Waals surface area (Å²) in [5.41, 5.74) is -1.68. The van der Waals surface area contributed by atoms with Gasteiger partial charge in [-0.2, -0.15) is 13.2 Å². The molecule has 2 nitrogen and oxygen atoms in total. The Morgan fingerprint density at radius 3 is 2.15 bits per heavy atom. The minimum atomic E-state index is -4.53. The van der Waals surface area contributed by atoms with Crippen molar-refractivity contribution in [3.63, 3.8) is 0 Å². The van der Waals surface area contributed by atoms with Crippen LogP contribution in [0.25, 0.3) is 0 Å². The van der Waals surface area contributed by atoms with E-state index in [2.05, 4.69) is 13.2 Å². The lowest BCUT2D eigenvalue weighted by molar-refractivity contribution is -0.173. The number of hydrogen-bond acceptors (Lipinski definition) is 2. The Morgan fingerprint density at radius 1 is 1.00 bits per heavy atom. The zero-order valence-corrected chi connectivity index (χ0v) is 14.5. The standard InChI is InChI=1S/C21H21F3O2/c1-4-6-15-14-17(9-12-19(15)25)20(3,21(22,23)24)16-7-10-18(11-8-16)26-13-5-2/h4-5,7-12,14,25H,1-2,6,13H2,3H3. The molecule has 0 saturated carbocycles. The first-order chi connectivity index (χ1) is 12.2. The van der Waals surface area contributed by atoms with E-state index in [9.17, 15) is 18.3 Å². The summed E-state index contributed by atoms with van der Waals surface area (Å²) in [7, 11) is 0. The summed E-state index contributed by atoms with van der Waals surface area (Å²) in [6.07, 6.45) is -1.15. The van der Waals surface area contributed by atoms with E-state index in [4.69, 9.17) is 4.74 Å². The van der Waals surface area contributed by atoms with E-state index in [1.165, 1.54) is 48.5 Å². The highest BCUT2D eigenvalue weighted by molar-refractivity contribution is 5.47. The van der Waals surface area contributed by atoms with E-state index < -0.39 is 11.6 Å². The zero-order valence-electron chi connectivity index (χ0n) is 14.5. The summed E-state index contributed by atoms with van der Waals surface area (Å²) < 4.78 is 47.5. The highest BCUT2D eigenvalue weighted by Gasteiger charge is 2.53. The van der Waals surface area contributed by atoms with Crippen molar-refractivity contribution in [1.29, 1.82) is 0 Å². The summed E-state index contributed by atoms with van der Waals surface area (Å²) in [6, 6.07) is 9.81. The van der Waals surface area contributed by atoms with Gasteiger partial charge in [0.25, 0.3) is 0 Å². The Balaban J connectivity index is 2.54. The van der Waals surface area contributed by atoms with Crippen LogP contribution in [-0.2, 0) is 11.8 Å². The van der Waals surface area contributed by atoms with E-state index in [0.29, 0.717) is 11.3 Å². The molecule has 0 spiro atoms. The zero-order chi connectivity index (χ0) is 19.4. The first-order valence-electron chi connectivity index (χ1n) is 8.08. The number of alkyl halides is 3. The molecule has 2 aromatic rings. The summed E-state index contributed by atoms with van der Waals surface area (Å²) in [4.78, 5) is 0. The molecule has 0 radical (unpaired) electrons. The Hall–Kier alpha value is -2.69. The molecule has 2 aromatic carbocycles. The van der Waals surface area contributed by atoms with Crippen LogP contribution in [-0.4, -0.2) is 17.9 Å². The molecule has 0 bridgehead atoms. The van der Waals surface area contributed by atoms with Gasteiger partial charge in [0.1, 0.15) is 23.5 Å². The topological polar surface area (TPSA) is 29.5 Å². The normalized spacial score (nSPS) is 13.7. The van der Waals surface area contributed by atoms with Gasteiger partial charge in [-0.15, -0.1) is 6.58 Å². The summed E-state index contributed by atoms with van der Waals surface area (Å²) in [6.45, 7) is 8.52. The average molecular weight is 362 g/mol. The SMILES string of the molecule is C=CCOc1ccc(C(C)(c2ccc(O)c(CC=C)c2)C(F)(F)F)cc1. The van der Waals surface area contributed by atoms with Crippen molar-refractivity contribution in [1.82, 2.24) is 0 Å². The van der Waals surface area contributed by atoms with E-state index in [1.807, 2.05) is 0 Å². The molecule has 0 aliphatic heterocycles. The fourth-order valence-electron chi connectivity index (χ4n) is 2.75. The number of rotatable bonds is 7. The molecule has 138 valence electrons. The molecule has 5 heteroatoms. The van der Waals surface area contributed by atoms with Gasteiger partial charge in [0.05, 0.1) is 0 Å². The lowest BCUT2D eigenvalue weighted by atomic mass is 9.75. The lowest BCUT2D eigenvalue weighted by Crippen LogP contribution is -2.40. The van der Waals surface area contributed by atoms with Crippen molar-refractivity contribution in [2.24, 2.45) is 0 Å². The van der Waals surface area contributed by atoms with E-state index in [-0.39, 0.29) is 29.9 Å². The number of phenols is 1. The second kappa shape index (κ2) is 7.68. The maximum Gasteiger partial charge on any atom is 0.402 e. The van der Waals surface area contributed by atoms with Crippen molar-refractivity contribution in [2.45, 2.75) is 24.9 Å². The third-order valence-electron chi connectivity index (χ3n) is 4.39. The van der Waals surface area contributed by atoms with Gasteiger partial charge < -0.3 is 9.84 Å². The molecule has 0 aromatic heterocycles. The van der Waals surface area contributed by atoms with Crippen molar-refractivity contribution in [3.05, 3.63) is 84.5 Å². The van der Waals surface area contributed by atoms with Crippen molar-refractivity contribution in [3.8, 4) is 11.5 Å². The first-order valence-corrected chi connectivity index (χ1v) is 8.08. The van der Waals surface area contributed by atoms with Gasteiger partial charge in [-0.1, -0.05) is 43.0 Å². The van der Waals surface area contributed by atoms with Gasteiger partial charge in [-0.3, -0.25) is 0 Å². The molecule has 1 unspecified atom stereocenters. The number of aromatic hydroxyl groups is 1. The van der Waals surface area contributed by atoms with Gasteiger partial charge >= 0.3 is 6.18 Å². The van der Waals surface area contributed by atoms with Crippen molar-refractivity contribution in [2.75, 3.05) is 6.61 Å². The molecule has 0 fully saturated rings. The highest BCUT2D eigenvalue weighted by atomic mass is 19.4. The molecule has 0 heterocycles. The van der Waals surface area contributed by atoms with Gasteiger partial charge in [0.15, 0.2) is 0 Å². The second-order valence-corrected chi connectivity index (χ2v) is 6.08. The van der Waals surface area contributed by atoms with Crippen LogP contribution in [0.2, 0.25) is 0 Å². The van der Waals surface area contributed by atoms with Crippen molar-refractivity contribution >= 4 is 0 Å². The Labute approximate surface area is 151 Å². The number of phenolic OH excluding ortho intramolecular Hbond substituents is 1. The van der Waals surface area contributed by atoms with Crippen LogP contribution in [0.4, 0.5) is 13.2 Å².